The van der Waals surface area contributed by atoms with Crippen LogP contribution >= 0.6 is 11.6 Å². The first-order valence-electron chi connectivity index (χ1n) is 6.86. The molecule has 0 saturated carbocycles. The quantitative estimate of drug-likeness (QED) is 0.599. The standard InChI is InChI=1S/C16H22ClNO2/c1-12(11-19)4-3-9-18-16(20)8-7-14-6-5-13(2)15(17)10-14/h5-8,10,12,19H,3-4,9,11H2,1-2H3,(H,18,20)/b8-7+. The van der Waals surface area contributed by atoms with Crippen LogP contribution in [0.3, 0.4) is 0 Å². The van der Waals surface area contributed by atoms with Gasteiger partial charge in [-0.3, -0.25) is 4.79 Å². The lowest BCUT2D eigenvalue weighted by molar-refractivity contribution is -0.116. The number of hydrogen-bond acceptors (Lipinski definition) is 2. The van der Waals surface area contributed by atoms with Gasteiger partial charge in [0.2, 0.25) is 5.91 Å². The summed E-state index contributed by atoms with van der Waals surface area (Å²) in [6.07, 6.45) is 5.04. The topological polar surface area (TPSA) is 49.3 Å². The van der Waals surface area contributed by atoms with E-state index < -0.39 is 0 Å². The van der Waals surface area contributed by atoms with E-state index >= 15 is 0 Å². The summed E-state index contributed by atoms with van der Waals surface area (Å²) in [6, 6.07) is 5.69. The highest BCUT2D eigenvalue weighted by Crippen LogP contribution is 2.17. The first kappa shape index (κ1) is 16.7. The SMILES string of the molecule is Cc1ccc(/C=C/C(=O)NCCCC(C)CO)cc1Cl. The maximum Gasteiger partial charge on any atom is 0.243 e. The van der Waals surface area contributed by atoms with Gasteiger partial charge in [0.05, 0.1) is 0 Å². The van der Waals surface area contributed by atoms with Crippen LogP contribution < -0.4 is 5.32 Å². The van der Waals surface area contributed by atoms with Crippen LogP contribution in [0.25, 0.3) is 6.08 Å². The van der Waals surface area contributed by atoms with Gasteiger partial charge in [-0.25, -0.2) is 0 Å². The van der Waals surface area contributed by atoms with Crippen molar-refractivity contribution in [2.24, 2.45) is 5.92 Å². The van der Waals surface area contributed by atoms with Crippen molar-refractivity contribution in [3.63, 3.8) is 0 Å². The second-order valence-corrected chi connectivity index (χ2v) is 5.47. The summed E-state index contributed by atoms with van der Waals surface area (Å²) in [6.45, 7) is 4.75. The predicted octanol–water partition coefficient (Wildman–Crippen LogP) is 3.19. The summed E-state index contributed by atoms with van der Waals surface area (Å²) >= 11 is 6.02. The van der Waals surface area contributed by atoms with Gasteiger partial charge in [-0.05, 0) is 49.0 Å². The molecule has 0 aliphatic heterocycles. The molecular weight excluding hydrogens is 274 g/mol. The minimum Gasteiger partial charge on any atom is -0.396 e. The Morgan fingerprint density at radius 2 is 2.25 bits per heavy atom. The minimum atomic E-state index is -0.113. The summed E-state index contributed by atoms with van der Waals surface area (Å²) in [7, 11) is 0. The minimum absolute atomic E-state index is 0.113. The van der Waals surface area contributed by atoms with E-state index in [1.807, 2.05) is 32.0 Å². The Kier molecular flexibility index (Phi) is 7.34. The Morgan fingerprint density at radius 3 is 2.90 bits per heavy atom. The van der Waals surface area contributed by atoms with Gasteiger partial charge in [0.15, 0.2) is 0 Å². The molecular formula is C16H22ClNO2. The molecule has 110 valence electrons. The highest BCUT2D eigenvalue weighted by Gasteiger charge is 2.00. The van der Waals surface area contributed by atoms with Crippen molar-refractivity contribution in [2.75, 3.05) is 13.2 Å². The van der Waals surface area contributed by atoms with Crippen LogP contribution in [0, 0.1) is 12.8 Å². The molecule has 0 radical (unpaired) electrons. The molecule has 1 aromatic rings. The summed E-state index contributed by atoms with van der Waals surface area (Å²) in [4.78, 5) is 11.6. The molecule has 20 heavy (non-hydrogen) atoms. The van der Waals surface area contributed by atoms with Crippen molar-refractivity contribution in [2.45, 2.75) is 26.7 Å². The summed E-state index contributed by atoms with van der Waals surface area (Å²) in [5.41, 5.74) is 1.93. The second kappa shape index (κ2) is 8.77. The van der Waals surface area contributed by atoms with E-state index in [2.05, 4.69) is 5.32 Å². The van der Waals surface area contributed by atoms with Gasteiger partial charge in [-0.2, -0.15) is 0 Å². The fourth-order valence-corrected chi connectivity index (χ4v) is 1.89. The highest BCUT2D eigenvalue weighted by atomic mass is 35.5. The molecule has 0 fully saturated rings. The third kappa shape index (κ3) is 6.22. The Morgan fingerprint density at radius 1 is 1.50 bits per heavy atom. The number of aryl methyl sites for hydroxylation is 1. The molecule has 4 heteroatoms. The highest BCUT2D eigenvalue weighted by molar-refractivity contribution is 6.31. The van der Waals surface area contributed by atoms with Crippen LogP contribution in [-0.2, 0) is 4.79 Å². The number of rotatable bonds is 7. The monoisotopic (exact) mass is 295 g/mol. The van der Waals surface area contributed by atoms with Gasteiger partial charge < -0.3 is 10.4 Å². The number of aliphatic hydroxyl groups is 1. The van der Waals surface area contributed by atoms with E-state index in [1.54, 1.807) is 6.08 Å². The second-order valence-electron chi connectivity index (χ2n) is 5.06. The van der Waals surface area contributed by atoms with E-state index in [9.17, 15) is 4.79 Å². The molecule has 0 bridgehead atoms. The molecule has 0 spiro atoms. The van der Waals surface area contributed by atoms with Crippen molar-refractivity contribution in [3.8, 4) is 0 Å². The summed E-state index contributed by atoms with van der Waals surface area (Å²) in [5, 5.41) is 12.4. The number of amides is 1. The van der Waals surface area contributed by atoms with E-state index in [-0.39, 0.29) is 18.4 Å². The summed E-state index contributed by atoms with van der Waals surface area (Å²) in [5.74, 6) is 0.176. The van der Waals surface area contributed by atoms with E-state index in [1.165, 1.54) is 6.08 Å². The van der Waals surface area contributed by atoms with Crippen LogP contribution in [0.4, 0.5) is 0 Å². The molecule has 1 amide bonds. The summed E-state index contributed by atoms with van der Waals surface area (Å²) < 4.78 is 0. The van der Waals surface area contributed by atoms with Gasteiger partial charge >= 0.3 is 0 Å². The molecule has 1 atom stereocenters. The van der Waals surface area contributed by atoms with Crippen molar-refractivity contribution in [1.29, 1.82) is 0 Å². The lowest BCUT2D eigenvalue weighted by Gasteiger charge is -2.07. The van der Waals surface area contributed by atoms with Gasteiger partial charge in [-0.1, -0.05) is 30.7 Å². The Bertz CT molecular complexity index is 472. The molecule has 0 aliphatic rings. The van der Waals surface area contributed by atoms with E-state index in [0.29, 0.717) is 11.6 Å². The lowest BCUT2D eigenvalue weighted by atomic mass is 10.1. The number of carbonyl (C=O) groups is 1. The molecule has 0 aliphatic carbocycles. The first-order valence-corrected chi connectivity index (χ1v) is 7.23. The molecule has 0 saturated heterocycles. The van der Waals surface area contributed by atoms with Crippen LogP contribution in [0.2, 0.25) is 5.02 Å². The number of aliphatic hydroxyl groups excluding tert-OH is 1. The third-order valence-electron chi connectivity index (χ3n) is 3.11. The normalized spacial score (nSPS) is 12.6. The Balaban J connectivity index is 2.34. The zero-order chi connectivity index (χ0) is 15.0. The number of nitrogens with one attached hydrogen (secondary N) is 1. The fourth-order valence-electron chi connectivity index (χ4n) is 1.70. The zero-order valence-corrected chi connectivity index (χ0v) is 12.8. The molecule has 2 N–H and O–H groups in total. The van der Waals surface area contributed by atoms with Crippen molar-refractivity contribution in [3.05, 3.63) is 40.4 Å². The molecule has 3 nitrogen and oxygen atoms in total. The molecule has 1 unspecified atom stereocenters. The number of benzene rings is 1. The third-order valence-corrected chi connectivity index (χ3v) is 3.51. The Labute approximate surface area is 125 Å². The van der Waals surface area contributed by atoms with Crippen LogP contribution in [0.5, 0.6) is 0 Å². The fraction of sp³-hybridized carbons (Fsp3) is 0.438. The first-order chi connectivity index (χ1) is 9.52. The predicted molar refractivity (Wildman–Crippen MR) is 83.7 cm³/mol. The number of carbonyl (C=O) groups excluding carboxylic acids is 1. The molecule has 0 aromatic heterocycles. The van der Waals surface area contributed by atoms with E-state index in [4.69, 9.17) is 16.7 Å². The van der Waals surface area contributed by atoms with Gasteiger partial charge in [-0.15, -0.1) is 0 Å². The number of hydrogen-bond donors (Lipinski definition) is 2. The van der Waals surface area contributed by atoms with Crippen LogP contribution in [0.1, 0.15) is 30.9 Å². The van der Waals surface area contributed by atoms with Crippen molar-refractivity contribution >= 4 is 23.6 Å². The zero-order valence-electron chi connectivity index (χ0n) is 12.0. The van der Waals surface area contributed by atoms with Gasteiger partial charge in [0.25, 0.3) is 0 Å². The average Bonchev–Trinajstić information content (AvgIpc) is 2.44. The lowest BCUT2D eigenvalue weighted by Crippen LogP contribution is -2.22. The maximum absolute atomic E-state index is 11.6. The van der Waals surface area contributed by atoms with Crippen molar-refractivity contribution < 1.29 is 9.90 Å². The maximum atomic E-state index is 11.6. The van der Waals surface area contributed by atoms with Crippen LogP contribution in [0.15, 0.2) is 24.3 Å². The number of halogens is 1. The Hall–Kier alpha value is -1.32. The van der Waals surface area contributed by atoms with Gasteiger partial charge in [0.1, 0.15) is 0 Å². The largest absolute Gasteiger partial charge is 0.396 e. The van der Waals surface area contributed by atoms with Crippen LogP contribution in [-0.4, -0.2) is 24.2 Å². The van der Waals surface area contributed by atoms with E-state index in [0.717, 1.165) is 24.0 Å². The smallest absolute Gasteiger partial charge is 0.243 e. The average molecular weight is 296 g/mol. The van der Waals surface area contributed by atoms with Crippen molar-refractivity contribution in [1.82, 2.24) is 5.32 Å². The van der Waals surface area contributed by atoms with Gasteiger partial charge in [0, 0.05) is 24.3 Å². The molecule has 0 heterocycles. The molecule has 1 rings (SSSR count). The molecule has 1 aromatic carbocycles.